The Bertz CT molecular complexity index is 620. The van der Waals surface area contributed by atoms with E-state index in [0.29, 0.717) is 12.8 Å². The molecule has 0 aliphatic heterocycles. The van der Waals surface area contributed by atoms with Crippen molar-refractivity contribution in [3.8, 4) is 0 Å². The van der Waals surface area contributed by atoms with Crippen LogP contribution in [0.15, 0.2) is 12.2 Å². The Kier molecular flexibility index (Phi) is 14.7. The van der Waals surface area contributed by atoms with Gasteiger partial charge in [0.25, 0.3) is 24.8 Å². The van der Waals surface area contributed by atoms with E-state index < -0.39 is 30.6 Å². The van der Waals surface area contributed by atoms with E-state index in [1.54, 1.807) is 0 Å². The fourth-order valence-corrected chi connectivity index (χ4v) is 5.10. The molecule has 0 unspecified atom stereocenters. The first-order valence-electron chi connectivity index (χ1n) is 10.2. The van der Waals surface area contributed by atoms with Crippen molar-refractivity contribution >= 4 is 26.0 Å². The number of Topliss-reactive ketones (excluding diaryl/α,β-unsaturated/α-hetero) is 1. The molecular formula is C19H36O7S2. The molecule has 2 N–H and O–H groups in total. The number of carbonyl (C=O) groups is 1. The molecule has 0 heterocycles. The summed E-state index contributed by atoms with van der Waals surface area (Å²) in [5.74, 6) is -1.21. The number of carbonyl (C=O) groups excluding carboxylic acids is 1. The molecule has 0 aromatic carbocycles. The molecule has 0 atom stereocenters. The summed E-state index contributed by atoms with van der Waals surface area (Å²) in [5, 5.41) is 0. The number of rotatable bonds is 18. The lowest BCUT2D eigenvalue weighted by atomic mass is 10.1. The van der Waals surface area contributed by atoms with E-state index in [2.05, 4.69) is 19.1 Å². The van der Waals surface area contributed by atoms with Crippen LogP contribution in [0.3, 0.4) is 0 Å². The maximum absolute atomic E-state index is 11.7. The molecule has 0 aliphatic carbocycles. The summed E-state index contributed by atoms with van der Waals surface area (Å²) in [6.07, 6.45) is 17.8. The molecule has 0 aromatic heterocycles. The highest BCUT2D eigenvalue weighted by Gasteiger charge is 2.41. The molecule has 0 saturated heterocycles. The van der Waals surface area contributed by atoms with Gasteiger partial charge in [0.05, 0.1) is 0 Å². The Hall–Kier alpha value is -0.770. The lowest BCUT2D eigenvalue weighted by Gasteiger charge is -2.09. The third-order valence-corrected chi connectivity index (χ3v) is 7.56. The molecule has 0 saturated carbocycles. The summed E-state index contributed by atoms with van der Waals surface area (Å²) in [5.41, 5.74) is 0. The van der Waals surface area contributed by atoms with Crippen molar-refractivity contribution in [1.82, 2.24) is 0 Å². The van der Waals surface area contributed by atoms with Gasteiger partial charge in [-0.1, -0.05) is 70.4 Å². The number of allylic oxidation sites excluding steroid dienone is 2. The van der Waals surface area contributed by atoms with Gasteiger partial charge in [0.2, 0.25) is 0 Å². The second-order valence-corrected chi connectivity index (χ2v) is 10.5. The second kappa shape index (κ2) is 15.1. The third-order valence-electron chi connectivity index (χ3n) is 4.49. The predicted octanol–water partition coefficient (Wildman–Crippen LogP) is 4.69. The van der Waals surface area contributed by atoms with Crippen molar-refractivity contribution < 1.29 is 30.7 Å². The first kappa shape index (κ1) is 27.2. The summed E-state index contributed by atoms with van der Waals surface area (Å²) in [7, 11) is -10.4. The summed E-state index contributed by atoms with van der Waals surface area (Å²) in [4.78, 5) is 11.7. The zero-order chi connectivity index (χ0) is 21.5. The van der Waals surface area contributed by atoms with E-state index in [1.165, 1.54) is 38.5 Å². The minimum atomic E-state index is -5.19. The average Bonchev–Trinajstić information content (AvgIpc) is 2.55. The normalized spacial score (nSPS) is 12.9. The summed E-state index contributed by atoms with van der Waals surface area (Å²) in [6.45, 7) is 2.21. The monoisotopic (exact) mass is 440 g/mol. The Morgan fingerprint density at radius 1 is 0.714 bits per heavy atom. The highest BCUT2D eigenvalue weighted by molar-refractivity contribution is 8.05. The second-order valence-electron chi connectivity index (χ2n) is 7.16. The largest absolute Gasteiger partial charge is 0.297 e. The van der Waals surface area contributed by atoms with E-state index in [-0.39, 0.29) is 6.42 Å². The molecule has 166 valence electrons. The molecular weight excluding hydrogens is 404 g/mol. The highest BCUT2D eigenvalue weighted by atomic mass is 32.3. The number of unbranched alkanes of at least 4 members (excludes halogenated alkanes) is 11. The smallest absolute Gasteiger partial charge is 0.292 e. The van der Waals surface area contributed by atoms with Crippen molar-refractivity contribution in [2.75, 3.05) is 0 Å². The molecule has 0 radical (unpaired) electrons. The van der Waals surface area contributed by atoms with E-state index in [1.807, 2.05) is 0 Å². The number of hydrogen-bond acceptors (Lipinski definition) is 5. The van der Waals surface area contributed by atoms with Crippen LogP contribution in [-0.2, 0) is 25.0 Å². The number of hydrogen-bond donors (Lipinski definition) is 2. The highest BCUT2D eigenvalue weighted by Crippen LogP contribution is 2.14. The summed E-state index contributed by atoms with van der Waals surface area (Å²) >= 11 is 0. The Labute approximate surface area is 170 Å². The Morgan fingerprint density at radius 3 is 1.54 bits per heavy atom. The lowest BCUT2D eigenvalue weighted by Crippen LogP contribution is -2.37. The molecule has 9 heteroatoms. The van der Waals surface area contributed by atoms with Crippen LogP contribution in [0.25, 0.3) is 0 Å². The number of ketones is 1. The van der Waals surface area contributed by atoms with Crippen LogP contribution in [0.5, 0.6) is 0 Å². The SMILES string of the molecule is CCCCCCCCC=CCCCCCCCC(=O)C(S(=O)(=O)O)S(=O)(=O)O. The molecule has 0 amide bonds. The van der Waals surface area contributed by atoms with Gasteiger partial charge in [-0.3, -0.25) is 13.9 Å². The third kappa shape index (κ3) is 14.3. The fourth-order valence-electron chi connectivity index (χ4n) is 2.97. The molecule has 0 aliphatic rings. The van der Waals surface area contributed by atoms with Crippen LogP contribution in [0, 0.1) is 0 Å². The molecule has 0 spiro atoms. The summed E-state index contributed by atoms with van der Waals surface area (Å²) in [6, 6.07) is 0. The van der Waals surface area contributed by atoms with Crippen LogP contribution < -0.4 is 0 Å². The average molecular weight is 441 g/mol. The van der Waals surface area contributed by atoms with Gasteiger partial charge in [-0.05, 0) is 32.1 Å². The van der Waals surface area contributed by atoms with Gasteiger partial charge in [-0.25, -0.2) is 0 Å². The van der Waals surface area contributed by atoms with E-state index in [0.717, 1.165) is 32.1 Å². The quantitative estimate of drug-likeness (QED) is 0.180. The van der Waals surface area contributed by atoms with Crippen LogP contribution in [0.1, 0.15) is 96.8 Å². The zero-order valence-electron chi connectivity index (χ0n) is 16.9. The molecule has 0 fully saturated rings. The maximum Gasteiger partial charge on any atom is 0.292 e. The van der Waals surface area contributed by atoms with Crippen molar-refractivity contribution in [2.45, 2.75) is 101 Å². The van der Waals surface area contributed by atoms with Gasteiger partial charge >= 0.3 is 0 Å². The van der Waals surface area contributed by atoms with E-state index >= 15 is 0 Å². The zero-order valence-corrected chi connectivity index (χ0v) is 18.5. The van der Waals surface area contributed by atoms with Gasteiger partial charge in [0.1, 0.15) is 0 Å². The standard InChI is InChI=1S/C19H36O7S2/c1-2-3-4-5-6-7-8-9-10-11-12-13-14-15-16-17-18(20)19(27(21,22)23)28(24,25)26/h9-10,19H,2-8,11-17H2,1H3,(H,21,22,23)(H,24,25,26). The molecule has 0 rings (SSSR count). The van der Waals surface area contributed by atoms with Crippen molar-refractivity contribution in [3.63, 3.8) is 0 Å². The van der Waals surface area contributed by atoms with Gasteiger partial charge in [-0.2, -0.15) is 16.8 Å². The van der Waals surface area contributed by atoms with Crippen LogP contribution in [0.4, 0.5) is 0 Å². The van der Waals surface area contributed by atoms with Gasteiger partial charge in [0.15, 0.2) is 5.78 Å². The molecule has 0 bridgehead atoms. The Morgan fingerprint density at radius 2 is 1.11 bits per heavy atom. The van der Waals surface area contributed by atoms with E-state index in [4.69, 9.17) is 9.11 Å². The van der Waals surface area contributed by atoms with Crippen LogP contribution in [0.2, 0.25) is 0 Å². The van der Waals surface area contributed by atoms with Gasteiger partial charge in [-0.15, -0.1) is 0 Å². The van der Waals surface area contributed by atoms with Crippen molar-refractivity contribution in [3.05, 3.63) is 12.2 Å². The minimum Gasteiger partial charge on any atom is -0.297 e. The minimum absolute atomic E-state index is 0.314. The topological polar surface area (TPSA) is 126 Å². The fraction of sp³-hybridized carbons (Fsp3) is 0.842. The molecule has 0 aromatic rings. The predicted molar refractivity (Wildman–Crippen MR) is 111 cm³/mol. The molecule has 28 heavy (non-hydrogen) atoms. The first-order chi connectivity index (χ1) is 13.1. The Balaban J connectivity index is 3.74. The van der Waals surface area contributed by atoms with E-state index in [9.17, 15) is 21.6 Å². The van der Waals surface area contributed by atoms with Gasteiger partial charge < -0.3 is 0 Å². The van der Waals surface area contributed by atoms with Gasteiger partial charge in [0, 0.05) is 6.42 Å². The summed E-state index contributed by atoms with van der Waals surface area (Å²) < 4.78 is 58.7. The van der Waals surface area contributed by atoms with Crippen molar-refractivity contribution in [1.29, 1.82) is 0 Å². The first-order valence-corrected chi connectivity index (χ1v) is 13.2. The lowest BCUT2D eigenvalue weighted by molar-refractivity contribution is -0.117. The van der Waals surface area contributed by atoms with Crippen LogP contribution >= 0.6 is 0 Å². The van der Waals surface area contributed by atoms with Crippen LogP contribution in [-0.4, -0.2) is 36.3 Å². The molecule has 7 nitrogen and oxygen atoms in total. The maximum atomic E-state index is 11.7. The van der Waals surface area contributed by atoms with Crippen molar-refractivity contribution in [2.24, 2.45) is 0 Å².